The van der Waals surface area contributed by atoms with E-state index in [-0.39, 0.29) is 0 Å². The third-order valence-corrected chi connectivity index (χ3v) is 3.26. The quantitative estimate of drug-likeness (QED) is 0.813. The molecule has 1 aromatic heterocycles. The summed E-state index contributed by atoms with van der Waals surface area (Å²) in [5, 5.41) is 4.51. The second kappa shape index (κ2) is 5.31. The van der Waals surface area contributed by atoms with Gasteiger partial charge in [0.15, 0.2) is 11.5 Å². The average molecular weight is 300 g/mol. The molecule has 6 heteroatoms. The van der Waals surface area contributed by atoms with Gasteiger partial charge in [-0.05, 0) is 12.1 Å². The Morgan fingerprint density at radius 1 is 1.16 bits per heavy atom. The number of halogens is 2. The Bertz CT molecular complexity index is 598. The van der Waals surface area contributed by atoms with Crippen LogP contribution in [0, 0.1) is 0 Å². The SMILES string of the molecule is ClCCc1cc(-c2cc(Cl)c3c(c2)OCCO3)no1. The third kappa shape index (κ3) is 2.51. The van der Waals surface area contributed by atoms with Gasteiger partial charge in [0.05, 0.1) is 5.02 Å². The fraction of sp³-hybridized carbons (Fsp3) is 0.308. The normalized spacial score (nSPS) is 13.6. The predicted molar refractivity (Wildman–Crippen MR) is 72.4 cm³/mol. The van der Waals surface area contributed by atoms with Crippen LogP contribution in [-0.4, -0.2) is 24.3 Å². The maximum atomic E-state index is 6.18. The lowest BCUT2D eigenvalue weighted by atomic mass is 10.1. The molecule has 1 aliphatic rings. The Labute approximate surface area is 120 Å². The molecular formula is C13H11Cl2NO3. The second-order valence-electron chi connectivity index (χ2n) is 4.10. The Hall–Kier alpha value is -1.39. The molecule has 0 bridgehead atoms. The summed E-state index contributed by atoms with van der Waals surface area (Å²) in [5.74, 6) is 2.46. The van der Waals surface area contributed by atoms with E-state index >= 15 is 0 Å². The van der Waals surface area contributed by atoms with Gasteiger partial charge in [0.1, 0.15) is 24.7 Å². The molecule has 4 nitrogen and oxygen atoms in total. The van der Waals surface area contributed by atoms with Crippen LogP contribution in [0.15, 0.2) is 22.7 Å². The highest BCUT2D eigenvalue weighted by Crippen LogP contribution is 2.40. The fourth-order valence-electron chi connectivity index (χ4n) is 1.92. The Balaban J connectivity index is 1.97. The van der Waals surface area contributed by atoms with Crippen LogP contribution >= 0.6 is 23.2 Å². The maximum Gasteiger partial charge on any atom is 0.179 e. The lowest BCUT2D eigenvalue weighted by Gasteiger charge is -2.19. The number of hydrogen-bond donors (Lipinski definition) is 0. The largest absolute Gasteiger partial charge is 0.486 e. The number of benzene rings is 1. The summed E-state index contributed by atoms with van der Waals surface area (Å²) in [6.07, 6.45) is 0.646. The van der Waals surface area contributed by atoms with Gasteiger partial charge in [-0.1, -0.05) is 16.8 Å². The number of hydrogen-bond acceptors (Lipinski definition) is 4. The van der Waals surface area contributed by atoms with Crippen LogP contribution < -0.4 is 9.47 Å². The fourth-order valence-corrected chi connectivity index (χ4v) is 2.37. The molecule has 1 aliphatic heterocycles. The number of aromatic nitrogens is 1. The van der Waals surface area contributed by atoms with E-state index in [9.17, 15) is 0 Å². The van der Waals surface area contributed by atoms with Gasteiger partial charge in [-0.3, -0.25) is 0 Å². The summed E-state index contributed by atoms with van der Waals surface area (Å²) in [7, 11) is 0. The molecule has 19 heavy (non-hydrogen) atoms. The monoisotopic (exact) mass is 299 g/mol. The van der Waals surface area contributed by atoms with Gasteiger partial charge < -0.3 is 14.0 Å². The van der Waals surface area contributed by atoms with E-state index in [1.807, 2.05) is 12.1 Å². The molecule has 0 unspecified atom stereocenters. The van der Waals surface area contributed by atoms with Crippen LogP contribution in [0.1, 0.15) is 5.76 Å². The van der Waals surface area contributed by atoms with Crippen molar-refractivity contribution in [3.63, 3.8) is 0 Å². The van der Waals surface area contributed by atoms with Gasteiger partial charge in [-0.25, -0.2) is 0 Å². The number of rotatable bonds is 3. The minimum absolute atomic E-state index is 0.497. The van der Waals surface area contributed by atoms with E-state index in [2.05, 4.69) is 5.16 Å². The third-order valence-electron chi connectivity index (χ3n) is 2.79. The molecule has 0 aliphatic carbocycles. The van der Waals surface area contributed by atoms with Crippen LogP contribution in [0.5, 0.6) is 11.5 Å². The van der Waals surface area contributed by atoms with E-state index in [0.717, 1.165) is 11.3 Å². The second-order valence-corrected chi connectivity index (χ2v) is 4.88. The summed E-state index contributed by atoms with van der Waals surface area (Å²) >= 11 is 11.8. The summed E-state index contributed by atoms with van der Waals surface area (Å²) in [4.78, 5) is 0. The molecule has 3 rings (SSSR count). The summed E-state index contributed by atoms with van der Waals surface area (Å²) < 4.78 is 16.2. The van der Waals surface area contributed by atoms with E-state index in [4.69, 9.17) is 37.2 Å². The van der Waals surface area contributed by atoms with Crippen molar-refractivity contribution in [2.45, 2.75) is 6.42 Å². The minimum atomic E-state index is 0.497. The minimum Gasteiger partial charge on any atom is -0.486 e. The molecule has 0 N–H and O–H groups in total. The first-order valence-electron chi connectivity index (χ1n) is 5.89. The zero-order valence-electron chi connectivity index (χ0n) is 9.99. The lowest BCUT2D eigenvalue weighted by molar-refractivity contribution is 0.172. The number of fused-ring (bicyclic) bond motifs is 1. The van der Waals surface area contributed by atoms with Crippen molar-refractivity contribution in [2.75, 3.05) is 19.1 Å². The number of aryl methyl sites for hydroxylation is 1. The molecule has 0 amide bonds. The van der Waals surface area contributed by atoms with Gasteiger partial charge in [-0.2, -0.15) is 0 Å². The van der Waals surface area contributed by atoms with Gasteiger partial charge >= 0.3 is 0 Å². The molecule has 0 radical (unpaired) electrons. The molecule has 0 saturated carbocycles. The number of ether oxygens (including phenoxy) is 2. The molecule has 2 aromatic rings. The van der Waals surface area contributed by atoms with Crippen LogP contribution in [-0.2, 0) is 6.42 Å². The highest BCUT2D eigenvalue weighted by molar-refractivity contribution is 6.32. The van der Waals surface area contributed by atoms with Crippen molar-refractivity contribution in [1.82, 2.24) is 5.16 Å². The number of nitrogens with zero attached hydrogens (tertiary/aromatic N) is 1. The first kappa shape index (κ1) is 12.6. The molecular weight excluding hydrogens is 289 g/mol. The lowest BCUT2D eigenvalue weighted by Crippen LogP contribution is -2.15. The van der Waals surface area contributed by atoms with Crippen molar-refractivity contribution in [3.05, 3.63) is 29.0 Å². The van der Waals surface area contributed by atoms with Gasteiger partial charge in [0.2, 0.25) is 0 Å². The van der Waals surface area contributed by atoms with Gasteiger partial charge in [0, 0.05) is 23.9 Å². The molecule has 2 heterocycles. The summed E-state index contributed by atoms with van der Waals surface area (Å²) in [6, 6.07) is 5.49. The topological polar surface area (TPSA) is 44.5 Å². The maximum absolute atomic E-state index is 6.18. The molecule has 0 atom stereocenters. The summed E-state index contributed by atoms with van der Waals surface area (Å²) in [5.41, 5.74) is 1.54. The van der Waals surface area contributed by atoms with E-state index < -0.39 is 0 Å². The number of alkyl halides is 1. The predicted octanol–water partition coefficient (Wildman–Crippen LogP) is 3.55. The van der Waals surface area contributed by atoms with Gasteiger partial charge in [-0.15, -0.1) is 11.6 Å². The van der Waals surface area contributed by atoms with Crippen LogP contribution in [0.4, 0.5) is 0 Å². The Morgan fingerprint density at radius 2 is 2.00 bits per heavy atom. The van der Waals surface area contributed by atoms with Crippen molar-refractivity contribution in [3.8, 4) is 22.8 Å². The zero-order valence-corrected chi connectivity index (χ0v) is 11.5. The van der Waals surface area contributed by atoms with E-state index in [1.165, 1.54) is 0 Å². The highest BCUT2D eigenvalue weighted by atomic mass is 35.5. The van der Waals surface area contributed by atoms with Crippen molar-refractivity contribution in [2.24, 2.45) is 0 Å². The highest BCUT2D eigenvalue weighted by Gasteiger charge is 2.18. The van der Waals surface area contributed by atoms with Gasteiger partial charge in [0.25, 0.3) is 0 Å². The van der Waals surface area contributed by atoms with Crippen LogP contribution in [0.3, 0.4) is 0 Å². The summed E-state index contributed by atoms with van der Waals surface area (Å²) in [6.45, 7) is 1.03. The van der Waals surface area contributed by atoms with Crippen LogP contribution in [0.2, 0.25) is 5.02 Å². The molecule has 100 valence electrons. The van der Waals surface area contributed by atoms with Crippen molar-refractivity contribution < 1.29 is 14.0 Å². The van der Waals surface area contributed by atoms with E-state index in [0.29, 0.717) is 47.7 Å². The molecule has 0 fully saturated rings. The van der Waals surface area contributed by atoms with Crippen molar-refractivity contribution in [1.29, 1.82) is 0 Å². The zero-order chi connectivity index (χ0) is 13.2. The standard InChI is InChI=1S/C13H11Cl2NO3/c14-2-1-9-7-11(16-19-9)8-5-10(15)13-12(6-8)17-3-4-18-13/h5-7H,1-4H2. The van der Waals surface area contributed by atoms with Crippen LogP contribution in [0.25, 0.3) is 11.3 Å². The first-order chi connectivity index (χ1) is 9.28. The Kier molecular flexibility index (Phi) is 3.53. The van der Waals surface area contributed by atoms with Crippen molar-refractivity contribution >= 4 is 23.2 Å². The Morgan fingerprint density at radius 3 is 2.84 bits per heavy atom. The molecule has 0 saturated heterocycles. The van der Waals surface area contributed by atoms with E-state index in [1.54, 1.807) is 6.07 Å². The smallest absolute Gasteiger partial charge is 0.179 e. The first-order valence-corrected chi connectivity index (χ1v) is 6.80. The average Bonchev–Trinajstić information content (AvgIpc) is 2.88. The molecule has 0 spiro atoms. The molecule has 1 aromatic carbocycles.